The number of para-hydroxylation sites is 1. The number of aromatic nitrogens is 1. The minimum Gasteiger partial charge on any atom is -0.327 e. The molecule has 0 atom stereocenters. The van der Waals surface area contributed by atoms with Crippen molar-refractivity contribution in [2.24, 2.45) is 0 Å². The number of quaternary nitrogens is 1. The van der Waals surface area contributed by atoms with E-state index in [1.165, 1.54) is 26.7 Å². The number of carbonyl (C=O) groups excluding carboxylic acids is 1. The Bertz CT molecular complexity index is 961. The third kappa shape index (κ3) is 4.18. The van der Waals surface area contributed by atoms with Gasteiger partial charge in [-0.05, 0) is 24.3 Å². The highest BCUT2D eigenvalue weighted by molar-refractivity contribution is 7.18. The maximum absolute atomic E-state index is 12.3. The number of hydrogen-bond acceptors (Lipinski definition) is 5. The largest absolute Gasteiger partial charge is 0.327 e. The molecule has 8 heteroatoms. The van der Waals surface area contributed by atoms with Gasteiger partial charge in [0.2, 0.25) is 0 Å². The maximum Gasteiger partial charge on any atom is 0.279 e. The van der Waals surface area contributed by atoms with E-state index < -0.39 is 4.92 Å². The van der Waals surface area contributed by atoms with Crippen LogP contribution in [0.15, 0.2) is 48.5 Å². The topological polar surface area (TPSA) is 89.6 Å². The van der Waals surface area contributed by atoms with Crippen LogP contribution in [0, 0.1) is 10.1 Å². The van der Waals surface area contributed by atoms with Crippen LogP contribution in [0.2, 0.25) is 0 Å². The van der Waals surface area contributed by atoms with Crippen molar-refractivity contribution in [2.75, 3.05) is 25.0 Å². The van der Waals surface area contributed by atoms with Gasteiger partial charge in [0, 0.05) is 36.6 Å². The third-order valence-electron chi connectivity index (χ3n) is 5.12. The quantitative estimate of drug-likeness (QED) is 0.512. The van der Waals surface area contributed by atoms with Gasteiger partial charge in [-0.1, -0.05) is 12.1 Å². The number of hydrogen-bond donors (Lipinski definition) is 2. The summed E-state index contributed by atoms with van der Waals surface area (Å²) in [5, 5.41) is 14.7. The van der Waals surface area contributed by atoms with Gasteiger partial charge in [0.05, 0.1) is 33.2 Å². The molecule has 1 fully saturated rings. The lowest BCUT2D eigenvalue weighted by Crippen LogP contribution is -3.14. The first kappa shape index (κ1) is 18.5. The Morgan fingerprint density at radius 1 is 1.18 bits per heavy atom. The van der Waals surface area contributed by atoms with Crippen LogP contribution >= 0.6 is 11.3 Å². The van der Waals surface area contributed by atoms with E-state index in [9.17, 15) is 14.9 Å². The number of anilines is 1. The van der Waals surface area contributed by atoms with E-state index >= 15 is 0 Å². The lowest BCUT2D eigenvalue weighted by atomic mass is 9.97. The van der Waals surface area contributed by atoms with Crippen molar-refractivity contribution >= 4 is 38.8 Å². The zero-order valence-electron chi connectivity index (χ0n) is 15.3. The van der Waals surface area contributed by atoms with Crippen molar-refractivity contribution in [3.8, 4) is 0 Å². The Balaban J connectivity index is 1.29. The molecule has 0 aliphatic carbocycles. The fraction of sp³-hybridized carbons (Fsp3) is 0.300. The lowest BCUT2D eigenvalue weighted by molar-refractivity contribution is -0.897. The monoisotopic (exact) mass is 397 g/mol. The molecule has 7 nitrogen and oxygen atoms in total. The number of likely N-dealkylation sites (tertiary alicyclic amines) is 1. The molecular formula is C20H21N4O3S+. The van der Waals surface area contributed by atoms with Gasteiger partial charge in [0.1, 0.15) is 0 Å². The fourth-order valence-electron chi connectivity index (χ4n) is 3.61. The highest BCUT2D eigenvalue weighted by Gasteiger charge is 2.27. The van der Waals surface area contributed by atoms with Crippen LogP contribution in [-0.2, 0) is 4.79 Å². The number of nitrogens with one attached hydrogen (secondary N) is 2. The second-order valence-electron chi connectivity index (χ2n) is 7.07. The molecule has 144 valence electrons. The molecule has 28 heavy (non-hydrogen) atoms. The summed E-state index contributed by atoms with van der Waals surface area (Å²) < 4.78 is 1.23. The van der Waals surface area contributed by atoms with Crippen LogP contribution in [-0.4, -0.2) is 35.4 Å². The molecule has 1 aliphatic rings. The molecule has 1 aromatic heterocycles. The SMILES string of the molecule is O=C(C[NH+]1CCC(c2nc3ccccc3s2)CC1)Nc1ccc([N+](=O)[O-])cc1. The molecule has 3 aromatic rings. The second kappa shape index (κ2) is 8.04. The minimum absolute atomic E-state index is 0.0144. The van der Waals surface area contributed by atoms with E-state index in [1.807, 2.05) is 12.1 Å². The van der Waals surface area contributed by atoms with E-state index in [2.05, 4.69) is 17.4 Å². The van der Waals surface area contributed by atoms with Crippen LogP contribution in [0.25, 0.3) is 10.2 Å². The average molecular weight is 397 g/mol. The second-order valence-corrected chi connectivity index (χ2v) is 8.14. The summed E-state index contributed by atoms with van der Waals surface area (Å²) >= 11 is 1.78. The summed E-state index contributed by atoms with van der Waals surface area (Å²) in [6.07, 6.45) is 2.06. The summed E-state index contributed by atoms with van der Waals surface area (Å²) in [6.45, 7) is 2.28. The number of nitrogens with zero attached hydrogens (tertiary/aromatic N) is 2. The van der Waals surface area contributed by atoms with Gasteiger partial charge in [-0.3, -0.25) is 14.9 Å². The number of fused-ring (bicyclic) bond motifs is 1. The van der Waals surface area contributed by atoms with Crippen molar-refractivity contribution in [1.82, 2.24) is 4.98 Å². The molecule has 0 saturated carbocycles. The molecule has 0 unspecified atom stereocenters. The number of piperidine rings is 1. The molecule has 4 rings (SSSR count). The molecule has 1 aliphatic heterocycles. The fourth-order valence-corrected chi connectivity index (χ4v) is 4.75. The number of nitro groups is 1. The molecule has 2 heterocycles. The molecule has 0 spiro atoms. The maximum atomic E-state index is 12.3. The van der Waals surface area contributed by atoms with Crippen molar-refractivity contribution in [2.45, 2.75) is 18.8 Å². The van der Waals surface area contributed by atoms with Crippen LogP contribution in [0.1, 0.15) is 23.8 Å². The highest BCUT2D eigenvalue weighted by atomic mass is 32.1. The summed E-state index contributed by atoms with van der Waals surface area (Å²) in [7, 11) is 0. The van der Waals surface area contributed by atoms with E-state index in [4.69, 9.17) is 4.98 Å². The standard InChI is InChI=1S/C20H20N4O3S/c25-19(21-15-5-7-16(8-6-15)24(26)27)13-23-11-9-14(10-12-23)20-22-17-3-1-2-4-18(17)28-20/h1-8,14H,9-13H2,(H,21,25)/p+1. The van der Waals surface area contributed by atoms with Gasteiger partial charge >= 0.3 is 0 Å². The molecule has 1 amide bonds. The Morgan fingerprint density at radius 3 is 2.57 bits per heavy atom. The summed E-state index contributed by atoms with van der Waals surface area (Å²) in [4.78, 5) is 28.6. The Morgan fingerprint density at radius 2 is 1.89 bits per heavy atom. The zero-order chi connectivity index (χ0) is 19.5. The number of carbonyl (C=O) groups is 1. The first-order valence-corrected chi connectivity index (χ1v) is 10.1. The van der Waals surface area contributed by atoms with Gasteiger partial charge in [-0.25, -0.2) is 4.98 Å². The normalized spacial score (nSPS) is 19.4. The third-order valence-corrected chi connectivity index (χ3v) is 6.32. The summed E-state index contributed by atoms with van der Waals surface area (Å²) in [6, 6.07) is 14.1. The smallest absolute Gasteiger partial charge is 0.279 e. The van der Waals surface area contributed by atoms with Crippen LogP contribution in [0.5, 0.6) is 0 Å². The Hall–Kier alpha value is -2.84. The van der Waals surface area contributed by atoms with Gasteiger partial charge in [0.15, 0.2) is 6.54 Å². The molecule has 2 aromatic carbocycles. The first-order chi connectivity index (χ1) is 13.6. The molecule has 2 N–H and O–H groups in total. The van der Waals surface area contributed by atoms with Crippen LogP contribution < -0.4 is 10.2 Å². The molecule has 0 radical (unpaired) electrons. The number of non-ortho nitro benzene ring substituents is 1. The predicted octanol–water partition coefficient (Wildman–Crippen LogP) is 2.61. The van der Waals surface area contributed by atoms with E-state index in [0.717, 1.165) is 31.4 Å². The van der Waals surface area contributed by atoms with Crippen molar-refractivity contribution in [3.05, 3.63) is 63.7 Å². The predicted molar refractivity (Wildman–Crippen MR) is 109 cm³/mol. The lowest BCUT2D eigenvalue weighted by Gasteiger charge is -2.27. The summed E-state index contributed by atoms with van der Waals surface area (Å²) in [5.74, 6) is 0.404. The van der Waals surface area contributed by atoms with Crippen LogP contribution in [0.4, 0.5) is 11.4 Å². The number of benzene rings is 2. The Labute approximate surface area is 166 Å². The minimum atomic E-state index is -0.453. The van der Waals surface area contributed by atoms with E-state index in [1.54, 1.807) is 23.5 Å². The first-order valence-electron chi connectivity index (χ1n) is 9.32. The molecule has 1 saturated heterocycles. The van der Waals surface area contributed by atoms with Gasteiger partial charge in [-0.15, -0.1) is 11.3 Å². The van der Waals surface area contributed by atoms with Crippen LogP contribution in [0.3, 0.4) is 0 Å². The van der Waals surface area contributed by atoms with Gasteiger partial charge in [0.25, 0.3) is 11.6 Å². The number of nitro benzene ring substituents is 1. The van der Waals surface area contributed by atoms with Gasteiger partial charge in [-0.2, -0.15) is 0 Å². The molecule has 0 bridgehead atoms. The highest BCUT2D eigenvalue weighted by Crippen LogP contribution is 2.31. The number of thiazole rings is 1. The summed E-state index contributed by atoms with van der Waals surface area (Å²) in [5.41, 5.74) is 1.67. The van der Waals surface area contributed by atoms with Crippen molar-refractivity contribution in [3.63, 3.8) is 0 Å². The van der Waals surface area contributed by atoms with Crippen molar-refractivity contribution < 1.29 is 14.6 Å². The van der Waals surface area contributed by atoms with E-state index in [0.29, 0.717) is 18.2 Å². The number of rotatable bonds is 5. The van der Waals surface area contributed by atoms with Gasteiger partial charge < -0.3 is 10.2 Å². The van der Waals surface area contributed by atoms with E-state index in [-0.39, 0.29) is 11.6 Å². The van der Waals surface area contributed by atoms with Crippen molar-refractivity contribution in [1.29, 1.82) is 0 Å². The number of amides is 1. The zero-order valence-corrected chi connectivity index (χ0v) is 16.1. The Kier molecular flexibility index (Phi) is 5.31. The average Bonchev–Trinajstić information content (AvgIpc) is 3.13. The molecular weight excluding hydrogens is 376 g/mol.